The Morgan fingerprint density at radius 2 is 1.18 bits per heavy atom. The van der Waals surface area contributed by atoms with Crippen molar-refractivity contribution in [2.45, 2.75) is 89.5 Å². The Morgan fingerprint density at radius 1 is 0.706 bits per heavy atom. The number of rotatable bonds is 11. The van der Waals surface area contributed by atoms with Crippen molar-refractivity contribution in [2.75, 3.05) is 14.1 Å². The van der Waals surface area contributed by atoms with E-state index in [0.29, 0.717) is 0 Å². The highest BCUT2D eigenvalue weighted by atomic mass is 32.2. The lowest BCUT2D eigenvalue weighted by Crippen LogP contribution is -2.20. The third-order valence-electron chi connectivity index (χ3n) is 5.45. The maximum atomic E-state index is 11.1. The molecule has 0 saturated carbocycles. The van der Waals surface area contributed by atoms with Crippen LogP contribution < -0.4 is 4.72 Å². The second-order valence-electron chi connectivity index (χ2n) is 8.98. The molecule has 0 spiro atoms. The fourth-order valence-corrected chi connectivity index (χ4v) is 4.80. The predicted molar refractivity (Wildman–Crippen MR) is 142 cm³/mol. The quantitative estimate of drug-likeness (QED) is 0.353. The number of hydrogen-bond acceptors (Lipinski definition) is 4. The first-order chi connectivity index (χ1) is 16.3. The Labute approximate surface area is 208 Å². The van der Waals surface area contributed by atoms with E-state index in [1.807, 2.05) is 10.8 Å². The van der Waals surface area contributed by atoms with Crippen molar-refractivity contribution in [3.05, 3.63) is 65.7 Å². The molecule has 0 unspecified atom stereocenters. The maximum absolute atomic E-state index is 11.1. The van der Waals surface area contributed by atoms with Crippen LogP contribution in [0.3, 0.4) is 0 Å². The van der Waals surface area contributed by atoms with E-state index in [9.17, 15) is 13.2 Å². The minimum Gasteiger partial charge on any atom is -0.305 e. The summed E-state index contributed by atoms with van der Waals surface area (Å²) in [6.45, 7) is 5.59. The van der Waals surface area contributed by atoms with E-state index in [2.05, 4.69) is 57.1 Å². The van der Waals surface area contributed by atoms with E-state index in [4.69, 9.17) is 0 Å². The van der Waals surface area contributed by atoms with Crippen LogP contribution in [0.4, 0.5) is 0 Å². The Morgan fingerprint density at radius 3 is 1.65 bits per heavy atom. The van der Waals surface area contributed by atoms with Gasteiger partial charge in [0.1, 0.15) is 4.90 Å². The van der Waals surface area contributed by atoms with Gasteiger partial charge in [0.15, 0.2) is 0 Å². The smallest absolute Gasteiger partial charge is 0.266 e. The first-order valence-corrected chi connectivity index (χ1v) is 14.1. The maximum Gasteiger partial charge on any atom is 0.266 e. The van der Waals surface area contributed by atoms with E-state index in [0.717, 1.165) is 6.54 Å². The lowest BCUT2D eigenvalue weighted by molar-refractivity contribution is 0.0985. The summed E-state index contributed by atoms with van der Waals surface area (Å²) in [5, 5.41) is 0. The summed E-state index contributed by atoms with van der Waals surface area (Å²) in [5.74, 6) is -0.550. The van der Waals surface area contributed by atoms with Gasteiger partial charge in [-0.3, -0.25) is 4.79 Å². The molecule has 1 heterocycles. The van der Waals surface area contributed by atoms with E-state index in [1.165, 1.54) is 81.9 Å². The summed E-state index contributed by atoms with van der Waals surface area (Å²) >= 11 is 0. The molecule has 0 aliphatic carbocycles. The Kier molecular flexibility index (Phi) is 15.2. The largest absolute Gasteiger partial charge is 0.305 e. The highest BCUT2D eigenvalue weighted by molar-refractivity contribution is 7.90. The average molecular weight is 489 g/mol. The molecule has 1 N–H and O–H groups in total. The third kappa shape index (κ3) is 12.3. The van der Waals surface area contributed by atoms with Gasteiger partial charge in [-0.15, -0.1) is 0 Å². The summed E-state index contributed by atoms with van der Waals surface area (Å²) in [7, 11) is 0.598. The average Bonchev–Trinajstić information content (AvgIpc) is 3.05. The van der Waals surface area contributed by atoms with Crippen molar-refractivity contribution in [3.63, 3.8) is 0 Å². The summed E-state index contributed by atoms with van der Waals surface area (Å²) in [4.78, 5) is 13.2. The molecular weight excluding hydrogens is 444 g/mol. The van der Waals surface area contributed by atoms with E-state index in [-0.39, 0.29) is 10.5 Å². The molecular formula is C28H44N2O3S. The van der Waals surface area contributed by atoms with Crippen LogP contribution in [0.25, 0.3) is 0 Å². The zero-order valence-corrected chi connectivity index (χ0v) is 22.4. The van der Waals surface area contributed by atoms with Crippen molar-refractivity contribution in [1.82, 2.24) is 9.62 Å². The van der Waals surface area contributed by atoms with E-state index in [1.54, 1.807) is 12.1 Å². The molecule has 0 bridgehead atoms. The molecule has 3 rings (SSSR count). The van der Waals surface area contributed by atoms with Gasteiger partial charge in [0, 0.05) is 6.54 Å². The number of unbranched alkanes of at least 4 members (excludes halogenated alkanes) is 9. The normalized spacial score (nSPS) is 13.3. The fourth-order valence-electron chi connectivity index (χ4n) is 3.63. The highest BCUT2D eigenvalue weighted by Gasteiger charge is 2.31. The van der Waals surface area contributed by atoms with Crippen molar-refractivity contribution >= 4 is 15.9 Å². The fraction of sp³-hybridized carbons (Fsp3) is 0.536. The number of carbonyl (C=O) groups is 1. The van der Waals surface area contributed by atoms with Crippen molar-refractivity contribution < 1.29 is 13.2 Å². The minimum atomic E-state index is -3.55. The minimum absolute atomic E-state index is 0.0648. The van der Waals surface area contributed by atoms with Crippen LogP contribution >= 0.6 is 0 Å². The van der Waals surface area contributed by atoms with Gasteiger partial charge in [-0.05, 0) is 31.8 Å². The molecule has 0 fully saturated rings. The van der Waals surface area contributed by atoms with Gasteiger partial charge in [0.25, 0.3) is 15.9 Å². The zero-order chi connectivity index (χ0) is 25.2. The number of amides is 1. The van der Waals surface area contributed by atoms with Crippen LogP contribution in [0.15, 0.2) is 59.5 Å². The Hall–Kier alpha value is -2.18. The monoisotopic (exact) mass is 488 g/mol. The van der Waals surface area contributed by atoms with E-state index >= 15 is 0 Å². The first kappa shape index (κ1) is 29.9. The highest BCUT2D eigenvalue weighted by Crippen LogP contribution is 2.20. The molecule has 1 amide bonds. The van der Waals surface area contributed by atoms with Gasteiger partial charge < -0.3 is 4.90 Å². The van der Waals surface area contributed by atoms with Gasteiger partial charge in [-0.25, -0.2) is 13.1 Å². The van der Waals surface area contributed by atoms with Gasteiger partial charge in [-0.1, -0.05) is 121 Å². The van der Waals surface area contributed by atoms with Gasteiger partial charge in [-0.2, -0.15) is 0 Å². The molecule has 2 aromatic carbocycles. The molecule has 1 aliphatic rings. The van der Waals surface area contributed by atoms with Crippen LogP contribution in [0.1, 0.15) is 94.0 Å². The number of sulfonamides is 1. The number of nitrogens with one attached hydrogen (secondary N) is 1. The number of nitrogens with zero attached hydrogens (tertiary/aromatic N) is 1. The van der Waals surface area contributed by atoms with Crippen LogP contribution in [0.5, 0.6) is 0 Å². The molecule has 5 nitrogen and oxygen atoms in total. The van der Waals surface area contributed by atoms with Gasteiger partial charge in [0.05, 0.1) is 5.56 Å². The van der Waals surface area contributed by atoms with Crippen molar-refractivity contribution in [2.24, 2.45) is 0 Å². The summed E-state index contributed by atoms with van der Waals surface area (Å²) in [6.07, 6.45) is 14.4. The second kappa shape index (κ2) is 17.3. The number of carbonyl (C=O) groups excluding carboxylic acids is 1. The topological polar surface area (TPSA) is 66.5 Å². The van der Waals surface area contributed by atoms with Gasteiger partial charge >= 0.3 is 0 Å². The van der Waals surface area contributed by atoms with E-state index < -0.39 is 15.9 Å². The van der Waals surface area contributed by atoms with Crippen LogP contribution in [0.2, 0.25) is 0 Å². The first-order valence-electron chi connectivity index (χ1n) is 12.7. The zero-order valence-electron chi connectivity index (χ0n) is 21.6. The standard InChI is InChI=1S/C12H26.C9H13N.C7H5NO3S/c1-3-5-7-9-11-12-10-8-6-4-2;1-10(2)8-9-6-4-3-5-7-9;9-7-5-3-1-2-4-6(5)12(10,11)8-7/h3-12H2,1-2H3;3-7H,8H2,1-2H3;1-4H,(H,8,9). The number of fused-ring (bicyclic) bond motifs is 1. The van der Waals surface area contributed by atoms with Crippen molar-refractivity contribution in [3.8, 4) is 0 Å². The third-order valence-corrected chi connectivity index (χ3v) is 6.84. The van der Waals surface area contributed by atoms with Crippen LogP contribution in [-0.4, -0.2) is 33.3 Å². The molecule has 190 valence electrons. The molecule has 0 aromatic heterocycles. The molecule has 2 aromatic rings. The molecule has 0 atom stereocenters. The Balaban J connectivity index is 0.000000256. The lowest BCUT2D eigenvalue weighted by atomic mass is 10.1. The molecule has 0 saturated heterocycles. The summed E-state index contributed by atoms with van der Waals surface area (Å²) in [5.41, 5.74) is 1.59. The number of benzene rings is 2. The van der Waals surface area contributed by atoms with Crippen LogP contribution in [-0.2, 0) is 16.6 Å². The predicted octanol–water partition coefficient (Wildman–Crippen LogP) is 6.79. The van der Waals surface area contributed by atoms with Crippen molar-refractivity contribution in [1.29, 1.82) is 0 Å². The van der Waals surface area contributed by atoms with Crippen LogP contribution in [0, 0.1) is 0 Å². The molecule has 6 heteroatoms. The molecule has 0 radical (unpaired) electrons. The molecule has 34 heavy (non-hydrogen) atoms. The lowest BCUT2D eigenvalue weighted by Gasteiger charge is -2.08. The number of hydrogen-bond donors (Lipinski definition) is 1. The SMILES string of the molecule is CCCCCCCCCCCC.CN(C)Cc1ccccc1.O=C1NS(=O)(=O)c2ccccc21. The van der Waals surface area contributed by atoms with Gasteiger partial charge in [0.2, 0.25) is 0 Å². The summed E-state index contributed by atoms with van der Waals surface area (Å²) < 4.78 is 24.2. The summed E-state index contributed by atoms with van der Waals surface area (Å²) in [6, 6.07) is 16.5. The Bertz CT molecular complexity index is 902. The molecule has 1 aliphatic heterocycles. The second-order valence-corrected chi connectivity index (χ2v) is 10.6.